The van der Waals surface area contributed by atoms with Crippen LogP contribution in [-0.2, 0) is 4.79 Å². The highest BCUT2D eigenvalue weighted by molar-refractivity contribution is 5.88. The van der Waals surface area contributed by atoms with Gasteiger partial charge in [0.2, 0.25) is 5.91 Å². The van der Waals surface area contributed by atoms with E-state index in [2.05, 4.69) is 5.32 Å². The quantitative estimate of drug-likeness (QED) is 0.682. The zero-order chi connectivity index (χ0) is 12.5. The number of amides is 1. The number of primary amides is 1. The molecule has 0 atom stereocenters. The molecule has 88 valence electrons. The van der Waals surface area contributed by atoms with E-state index in [1.807, 2.05) is 0 Å². The average Bonchev–Trinajstić information content (AvgIpc) is 2.18. The Labute approximate surface area is 91.6 Å². The van der Waals surface area contributed by atoms with Gasteiger partial charge in [-0.05, 0) is 26.0 Å². The standard InChI is InChI=1S/C10H13F2N3O/c1-10(2,9(14)16)15-8-6(13)4-3-5(11)7(8)12/h3-4,15H,13H2,1-2H3,(H2,14,16). The highest BCUT2D eigenvalue weighted by Crippen LogP contribution is 2.27. The Bertz CT molecular complexity index is 432. The molecule has 16 heavy (non-hydrogen) atoms. The summed E-state index contributed by atoms with van der Waals surface area (Å²) in [6.45, 7) is 2.89. The van der Waals surface area contributed by atoms with Gasteiger partial charge in [0.1, 0.15) is 5.54 Å². The number of hydrogen-bond donors (Lipinski definition) is 3. The van der Waals surface area contributed by atoms with Crippen molar-refractivity contribution in [2.45, 2.75) is 19.4 Å². The van der Waals surface area contributed by atoms with Crippen molar-refractivity contribution in [3.63, 3.8) is 0 Å². The van der Waals surface area contributed by atoms with E-state index in [4.69, 9.17) is 11.5 Å². The molecule has 0 saturated carbocycles. The van der Waals surface area contributed by atoms with Crippen molar-refractivity contribution in [1.29, 1.82) is 0 Å². The van der Waals surface area contributed by atoms with Crippen LogP contribution in [0.5, 0.6) is 0 Å². The summed E-state index contributed by atoms with van der Waals surface area (Å²) in [6.07, 6.45) is 0. The molecule has 0 radical (unpaired) electrons. The van der Waals surface area contributed by atoms with Crippen molar-refractivity contribution in [3.05, 3.63) is 23.8 Å². The second-order valence-corrected chi connectivity index (χ2v) is 3.94. The van der Waals surface area contributed by atoms with Gasteiger partial charge in [-0.2, -0.15) is 0 Å². The Morgan fingerprint density at radius 2 is 1.94 bits per heavy atom. The van der Waals surface area contributed by atoms with E-state index >= 15 is 0 Å². The molecular weight excluding hydrogens is 216 g/mol. The molecule has 5 N–H and O–H groups in total. The molecule has 4 nitrogen and oxygen atoms in total. The summed E-state index contributed by atoms with van der Waals surface area (Å²) in [7, 11) is 0. The maximum atomic E-state index is 13.4. The summed E-state index contributed by atoms with van der Waals surface area (Å²) in [5, 5.41) is 2.48. The molecule has 0 spiro atoms. The molecule has 0 saturated heterocycles. The Morgan fingerprint density at radius 3 is 2.44 bits per heavy atom. The summed E-state index contributed by atoms with van der Waals surface area (Å²) >= 11 is 0. The van der Waals surface area contributed by atoms with E-state index in [1.54, 1.807) is 0 Å². The third-order valence-corrected chi connectivity index (χ3v) is 2.18. The lowest BCUT2D eigenvalue weighted by atomic mass is 10.0. The van der Waals surface area contributed by atoms with Gasteiger partial charge in [0.05, 0.1) is 11.4 Å². The summed E-state index contributed by atoms with van der Waals surface area (Å²) in [5.41, 5.74) is 9.10. The van der Waals surface area contributed by atoms with Crippen molar-refractivity contribution in [1.82, 2.24) is 0 Å². The molecule has 0 aromatic heterocycles. The van der Waals surface area contributed by atoms with Crippen LogP contribution in [0, 0.1) is 11.6 Å². The molecule has 0 aliphatic heterocycles. The van der Waals surface area contributed by atoms with Crippen molar-refractivity contribution in [2.75, 3.05) is 11.1 Å². The maximum Gasteiger partial charge on any atom is 0.242 e. The molecule has 6 heteroatoms. The maximum absolute atomic E-state index is 13.4. The number of rotatable bonds is 3. The van der Waals surface area contributed by atoms with Crippen molar-refractivity contribution in [2.24, 2.45) is 5.73 Å². The van der Waals surface area contributed by atoms with E-state index in [0.717, 1.165) is 6.07 Å². The van der Waals surface area contributed by atoms with Crippen LogP contribution < -0.4 is 16.8 Å². The number of nitrogens with two attached hydrogens (primary N) is 2. The van der Waals surface area contributed by atoms with Crippen molar-refractivity contribution >= 4 is 17.3 Å². The highest BCUT2D eigenvalue weighted by Gasteiger charge is 2.27. The third kappa shape index (κ3) is 2.21. The fraction of sp³-hybridized carbons (Fsp3) is 0.300. The van der Waals surface area contributed by atoms with Crippen LogP contribution in [0.2, 0.25) is 0 Å². The van der Waals surface area contributed by atoms with Crippen LogP contribution in [0.4, 0.5) is 20.2 Å². The van der Waals surface area contributed by atoms with E-state index in [-0.39, 0.29) is 11.4 Å². The number of carbonyl (C=O) groups excluding carboxylic acids is 1. The van der Waals surface area contributed by atoms with Gasteiger partial charge in [0, 0.05) is 0 Å². The van der Waals surface area contributed by atoms with Gasteiger partial charge in [0.25, 0.3) is 0 Å². The van der Waals surface area contributed by atoms with Crippen LogP contribution in [-0.4, -0.2) is 11.4 Å². The molecule has 1 aromatic carbocycles. The Hall–Kier alpha value is -1.85. The summed E-state index contributed by atoms with van der Waals surface area (Å²) in [6, 6.07) is 2.12. The predicted octanol–water partition coefficient (Wildman–Crippen LogP) is 1.22. The molecule has 0 fully saturated rings. The van der Waals surface area contributed by atoms with Gasteiger partial charge in [-0.25, -0.2) is 8.78 Å². The number of nitrogen functional groups attached to an aromatic ring is 1. The Balaban J connectivity index is 3.15. The van der Waals surface area contributed by atoms with Crippen LogP contribution in [0.25, 0.3) is 0 Å². The Kier molecular flexibility index (Phi) is 3.02. The minimum absolute atomic E-state index is 0.00762. The zero-order valence-electron chi connectivity index (χ0n) is 8.97. The number of anilines is 2. The van der Waals surface area contributed by atoms with Gasteiger partial charge >= 0.3 is 0 Å². The largest absolute Gasteiger partial charge is 0.397 e. The fourth-order valence-electron chi connectivity index (χ4n) is 1.07. The third-order valence-electron chi connectivity index (χ3n) is 2.18. The van der Waals surface area contributed by atoms with E-state index < -0.39 is 23.1 Å². The monoisotopic (exact) mass is 229 g/mol. The second-order valence-electron chi connectivity index (χ2n) is 3.94. The lowest BCUT2D eigenvalue weighted by Gasteiger charge is -2.24. The smallest absolute Gasteiger partial charge is 0.242 e. The van der Waals surface area contributed by atoms with Gasteiger partial charge in [0.15, 0.2) is 11.6 Å². The van der Waals surface area contributed by atoms with Crippen molar-refractivity contribution < 1.29 is 13.6 Å². The number of hydrogen-bond acceptors (Lipinski definition) is 3. The molecule has 1 aromatic rings. The first-order valence-corrected chi connectivity index (χ1v) is 4.57. The minimum atomic E-state index is -1.22. The van der Waals surface area contributed by atoms with Crippen molar-refractivity contribution in [3.8, 4) is 0 Å². The Morgan fingerprint density at radius 1 is 1.38 bits per heavy atom. The van der Waals surface area contributed by atoms with E-state index in [0.29, 0.717) is 0 Å². The molecule has 1 rings (SSSR count). The number of benzene rings is 1. The number of halogens is 2. The molecule has 0 unspecified atom stereocenters. The van der Waals surface area contributed by atoms with Crippen LogP contribution >= 0.6 is 0 Å². The summed E-state index contributed by atoms with van der Waals surface area (Å²) in [5.74, 6) is -2.87. The number of nitrogens with one attached hydrogen (secondary N) is 1. The van der Waals surface area contributed by atoms with E-state index in [9.17, 15) is 13.6 Å². The minimum Gasteiger partial charge on any atom is -0.397 e. The SMILES string of the molecule is CC(C)(Nc1c(N)ccc(F)c1F)C(N)=O. The molecule has 0 aliphatic rings. The average molecular weight is 229 g/mol. The molecule has 0 bridgehead atoms. The zero-order valence-corrected chi connectivity index (χ0v) is 8.97. The van der Waals surface area contributed by atoms with E-state index in [1.165, 1.54) is 19.9 Å². The number of carbonyl (C=O) groups is 1. The molecule has 1 amide bonds. The molecular formula is C10H13F2N3O. The fourth-order valence-corrected chi connectivity index (χ4v) is 1.07. The summed E-state index contributed by atoms with van der Waals surface area (Å²) < 4.78 is 26.3. The van der Waals surface area contributed by atoms with Crippen LogP contribution in [0.15, 0.2) is 12.1 Å². The van der Waals surface area contributed by atoms with Gasteiger partial charge in [-0.15, -0.1) is 0 Å². The van der Waals surface area contributed by atoms with Gasteiger partial charge in [-0.1, -0.05) is 0 Å². The lowest BCUT2D eigenvalue weighted by molar-refractivity contribution is -0.121. The normalized spacial score (nSPS) is 11.2. The van der Waals surface area contributed by atoms with Crippen LogP contribution in [0.3, 0.4) is 0 Å². The van der Waals surface area contributed by atoms with Gasteiger partial charge < -0.3 is 16.8 Å². The first-order valence-electron chi connectivity index (χ1n) is 4.57. The highest BCUT2D eigenvalue weighted by atomic mass is 19.2. The first-order chi connectivity index (χ1) is 7.25. The topological polar surface area (TPSA) is 81.1 Å². The van der Waals surface area contributed by atoms with Gasteiger partial charge in [-0.3, -0.25) is 4.79 Å². The second kappa shape index (κ2) is 3.96. The predicted molar refractivity (Wildman–Crippen MR) is 57.7 cm³/mol. The molecule has 0 heterocycles. The first kappa shape index (κ1) is 12.2. The van der Waals surface area contributed by atoms with Crippen LogP contribution in [0.1, 0.15) is 13.8 Å². The lowest BCUT2D eigenvalue weighted by Crippen LogP contribution is -2.45. The molecule has 0 aliphatic carbocycles. The summed E-state index contributed by atoms with van der Waals surface area (Å²) in [4.78, 5) is 11.0.